The fourth-order valence-corrected chi connectivity index (χ4v) is 2.92. The van der Waals surface area contributed by atoms with E-state index in [2.05, 4.69) is 9.97 Å². The first kappa shape index (κ1) is 19.1. The van der Waals surface area contributed by atoms with Gasteiger partial charge in [-0.3, -0.25) is 5.01 Å². The maximum atomic E-state index is 13.0. The lowest BCUT2D eigenvalue weighted by atomic mass is 10.1. The third kappa shape index (κ3) is 4.35. The van der Waals surface area contributed by atoms with E-state index in [0.29, 0.717) is 38.7 Å². The van der Waals surface area contributed by atoms with Crippen LogP contribution in [0.4, 0.5) is 19.0 Å². The lowest BCUT2D eigenvalue weighted by Gasteiger charge is -2.37. The van der Waals surface area contributed by atoms with Gasteiger partial charge in [0.1, 0.15) is 11.9 Å². The number of hydrogen-bond acceptors (Lipinski definition) is 6. The summed E-state index contributed by atoms with van der Waals surface area (Å²) in [6, 6.07) is 8.39. The van der Waals surface area contributed by atoms with Crippen molar-refractivity contribution < 1.29 is 17.9 Å². The van der Waals surface area contributed by atoms with Crippen LogP contribution in [0.2, 0.25) is 0 Å². The largest absolute Gasteiger partial charge is 0.416 e. The van der Waals surface area contributed by atoms with Gasteiger partial charge in [-0.05, 0) is 19.1 Å². The van der Waals surface area contributed by atoms with Crippen molar-refractivity contribution in [1.29, 1.82) is 5.26 Å². The second-order valence-electron chi connectivity index (χ2n) is 5.91. The highest BCUT2D eigenvalue weighted by atomic mass is 19.4. The van der Waals surface area contributed by atoms with Gasteiger partial charge in [-0.1, -0.05) is 12.1 Å². The molecule has 0 spiro atoms. The van der Waals surface area contributed by atoms with Gasteiger partial charge in [0.05, 0.1) is 24.5 Å². The fourth-order valence-electron chi connectivity index (χ4n) is 2.92. The minimum atomic E-state index is -4.45. The number of hydrazine groups is 1. The van der Waals surface area contributed by atoms with Gasteiger partial charge in [-0.2, -0.15) is 18.4 Å². The molecule has 6 nitrogen and oxygen atoms in total. The Hall–Kier alpha value is -2.70. The number of hydrogen-bond donors (Lipinski definition) is 0. The molecule has 1 aliphatic rings. The molecule has 1 saturated heterocycles. The Balaban J connectivity index is 2.02. The molecule has 1 fully saturated rings. The van der Waals surface area contributed by atoms with Crippen molar-refractivity contribution in [3.05, 3.63) is 41.7 Å². The van der Waals surface area contributed by atoms with Crippen molar-refractivity contribution in [2.75, 3.05) is 37.9 Å². The van der Waals surface area contributed by atoms with Gasteiger partial charge in [-0.25, -0.2) is 15.0 Å². The normalized spacial score (nSPS) is 15.4. The van der Waals surface area contributed by atoms with E-state index in [1.165, 1.54) is 12.1 Å². The lowest BCUT2D eigenvalue weighted by molar-refractivity contribution is -0.137. The Morgan fingerprint density at radius 1 is 1.22 bits per heavy atom. The fraction of sp³-hybridized carbons (Fsp3) is 0.389. The van der Waals surface area contributed by atoms with Gasteiger partial charge in [0.15, 0.2) is 0 Å². The summed E-state index contributed by atoms with van der Waals surface area (Å²) in [6.45, 7) is 5.01. The number of halogens is 3. The molecule has 0 aliphatic carbocycles. The van der Waals surface area contributed by atoms with Gasteiger partial charge in [0.2, 0.25) is 5.82 Å². The van der Waals surface area contributed by atoms with Crippen molar-refractivity contribution in [2.24, 2.45) is 0 Å². The van der Waals surface area contributed by atoms with Gasteiger partial charge in [-0.15, -0.1) is 0 Å². The molecule has 2 heterocycles. The Bertz CT molecular complexity index is 844. The van der Waals surface area contributed by atoms with E-state index in [9.17, 15) is 18.4 Å². The van der Waals surface area contributed by atoms with E-state index in [0.717, 1.165) is 12.1 Å². The molecule has 0 saturated carbocycles. The summed E-state index contributed by atoms with van der Waals surface area (Å²) in [4.78, 5) is 8.34. The molecule has 0 amide bonds. The van der Waals surface area contributed by atoms with Crippen molar-refractivity contribution in [3.63, 3.8) is 0 Å². The Morgan fingerprint density at radius 2 is 1.96 bits per heavy atom. The molecular weight excluding hydrogens is 359 g/mol. The van der Waals surface area contributed by atoms with E-state index in [-0.39, 0.29) is 17.1 Å². The van der Waals surface area contributed by atoms with Crippen LogP contribution >= 0.6 is 0 Å². The molecule has 1 aromatic carbocycles. The number of benzene rings is 1. The molecule has 0 bridgehead atoms. The zero-order valence-corrected chi connectivity index (χ0v) is 14.7. The van der Waals surface area contributed by atoms with Gasteiger partial charge >= 0.3 is 6.18 Å². The summed E-state index contributed by atoms with van der Waals surface area (Å²) in [5.41, 5.74) is -0.212. The highest BCUT2D eigenvalue weighted by molar-refractivity contribution is 5.64. The van der Waals surface area contributed by atoms with E-state index in [1.54, 1.807) is 6.07 Å². The second kappa shape index (κ2) is 7.90. The minimum Gasteiger partial charge on any atom is -0.379 e. The summed E-state index contributed by atoms with van der Waals surface area (Å²) >= 11 is 0. The first-order valence-corrected chi connectivity index (χ1v) is 8.49. The van der Waals surface area contributed by atoms with Crippen LogP contribution in [-0.4, -0.2) is 47.8 Å². The number of morpholine rings is 1. The Labute approximate surface area is 154 Å². The monoisotopic (exact) mass is 377 g/mol. The van der Waals surface area contributed by atoms with Gasteiger partial charge in [0, 0.05) is 31.3 Å². The smallest absolute Gasteiger partial charge is 0.379 e. The van der Waals surface area contributed by atoms with Crippen molar-refractivity contribution in [3.8, 4) is 17.3 Å². The zero-order valence-electron chi connectivity index (χ0n) is 14.7. The average molecular weight is 377 g/mol. The standard InChI is InChI=1S/C18H18F3N5O/c1-2-26(25-6-8-27-9-7-25)17-11-15(23-16(12-22)24-17)13-4-3-5-14(10-13)18(19,20)21/h3-5,10-11H,2,6-9H2,1H3. The zero-order chi connectivity index (χ0) is 19.4. The highest BCUT2D eigenvalue weighted by Gasteiger charge is 2.30. The van der Waals surface area contributed by atoms with Crippen LogP contribution in [0, 0.1) is 11.3 Å². The van der Waals surface area contributed by atoms with Gasteiger partial charge in [0.25, 0.3) is 0 Å². The Kier molecular flexibility index (Phi) is 5.58. The summed E-state index contributed by atoms with van der Waals surface area (Å²) in [5, 5.41) is 13.2. The van der Waals surface area contributed by atoms with E-state index in [4.69, 9.17) is 4.74 Å². The third-order valence-corrected chi connectivity index (χ3v) is 4.19. The minimum absolute atomic E-state index is 0.0911. The molecule has 0 unspecified atom stereocenters. The van der Waals surface area contributed by atoms with Crippen LogP contribution in [0.1, 0.15) is 18.3 Å². The molecule has 0 N–H and O–H groups in total. The molecule has 0 atom stereocenters. The van der Waals surface area contributed by atoms with E-state index in [1.807, 2.05) is 23.0 Å². The van der Waals surface area contributed by atoms with Crippen molar-refractivity contribution >= 4 is 5.82 Å². The number of anilines is 1. The second-order valence-corrected chi connectivity index (χ2v) is 5.91. The number of alkyl halides is 3. The molecule has 0 radical (unpaired) electrons. The Morgan fingerprint density at radius 3 is 2.59 bits per heavy atom. The SMILES string of the molecule is CCN(c1cc(-c2cccc(C(F)(F)F)c2)nc(C#N)n1)N1CCOCC1. The molecule has 1 aliphatic heterocycles. The molecular formula is C18H18F3N5O. The highest BCUT2D eigenvalue weighted by Crippen LogP contribution is 2.32. The molecule has 142 valence electrons. The van der Waals surface area contributed by atoms with Crippen LogP contribution in [0.3, 0.4) is 0 Å². The summed E-state index contributed by atoms with van der Waals surface area (Å²) in [6.07, 6.45) is -4.45. The quantitative estimate of drug-likeness (QED) is 0.816. The number of aromatic nitrogens is 2. The van der Waals surface area contributed by atoms with E-state index < -0.39 is 11.7 Å². The number of nitriles is 1. The lowest BCUT2D eigenvalue weighted by Crippen LogP contribution is -2.49. The molecule has 3 rings (SSSR count). The maximum absolute atomic E-state index is 13.0. The van der Waals surface area contributed by atoms with Crippen LogP contribution in [0.25, 0.3) is 11.3 Å². The predicted molar refractivity (Wildman–Crippen MR) is 92.6 cm³/mol. The number of ether oxygens (including phenoxy) is 1. The summed E-state index contributed by atoms with van der Waals surface area (Å²) in [7, 11) is 0. The predicted octanol–water partition coefficient (Wildman–Crippen LogP) is 3.11. The van der Waals surface area contributed by atoms with Crippen LogP contribution in [0.15, 0.2) is 30.3 Å². The molecule has 2 aromatic rings. The van der Waals surface area contributed by atoms with E-state index >= 15 is 0 Å². The van der Waals surface area contributed by atoms with Gasteiger partial charge < -0.3 is 4.74 Å². The molecule has 1 aromatic heterocycles. The maximum Gasteiger partial charge on any atom is 0.416 e. The topological polar surface area (TPSA) is 65.3 Å². The van der Waals surface area contributed by atoms with Crippen LogP contribution in [0.5, 0.6) is 0 Å². The first-order chi connectivity index (χ1) is 12.9. The van der Waals surface area contributed by atoms with Crippen LogP contribution in [-0.2, 0) is 10.9 Å². The van der Waals surface area contributed by atoms with Crippen molar-refractivity contribution in [2.45, 2.75) is 13.1 Å². The number of nitrogens with zero attached hydrogens (tertiary/aromatic N) is 5. The van der Waals surface area contributed by atoms with Crippen LogP contribution < -0.4 is 5.01 Å². The van der Waals surface area contributed by atoms with Crippen molar-refractivity contribution in [1.82, 2.24) is 15.0 Å². The molecule has 9 heteroatoms. The number of rotatable bonds is 4. The average Bonchev–Trinajstić information content (AvgIpc) is 2.68. The molecule has 27 heavy (non-hydrogen) atoms. The first-order valence-electron chi connectivity index (χ1n) is 8.49. The summed E-state index contributed by atoms with van der Waals surface area (Å²) < 4.78 is 44.4. The third-order valence-electron chi connectivity index (χ3n) is 4.19. The summed E-state index contributed by atoms with van der Waals surface area (Å²) in [5.74, 6) is 0.380.